The first-order valence-electron chi connectivity index (χ1n) is 10.4. The average Bonchev–Trinajstić information content (AvgIpc) is 2.80. The lowest BCUT2D eigenvalue weighted by Crippen LogP contribution is -2.24. The Bertz CT molecular complexity index is 1390. The minimum Gasteiger partial charge on any atom is -0.429 e. The van der Waals surface area contributed by atoms with Crippen molar-refractivity contribution in [1.29, 1.82) is 0 Å². The molecule has 0 aliphatic rings. The monoisotopic (exact) mass is 496 g/mol. The van der Waals surface area contributed by atoms with Crippen LogP contribution in [0.3, 0.4) is 0 Å². The third-order valence-electron chi connectivity index (χ3n) is 5.44. The van der Waals surface area contributed by atoms with E-state index in [1.54, 1.807) is 24.3 Å². The van der Waals surface area contributed by atoms with Gasteiger partial charge in [0.05, 0.1) is 5.39 Å². The van der Waals surface area contributed by atoms with Gasteiger partial charge in [-0.25, -0.2) is 26.3 Å². The van der Waals surface area contributed by atoms with Crippen molar-refractivity contribution in [2.75, 3.05) is 0 Å². The molecule has 182 valence electrons. The van der Waals surface area contributed by atoms with Crippen molar-refractivity contribution in [3.05, 3.63) is 101 Å². The molecule has 9 heteroatoms. The zero-order valence-electron chi connectivity index (χ0n) is 18.0. The smallest absolute Gasteiger partial charge is 0.429 e. The highest BCUT2D eigenvalue weighted by Gasteiger charge is 2.40. The molecular weight excluding hydrogens is 480 g/mol. The predicted molar refractivity (Wildman–Crippen MR) is 114 cm³/mol. The third kappa shape index (κ3) is 4.54. The van der Waals surface area contributed by atoms with Crippen LogP contribution in [-0.4, -0.2) is 0 Å². The molecule has 0 saturated carbocycles. The molecule has 4 rings (SSSR count). The predicted octanol–water partition coefficient (Wildman–Crippen LogP) is 8.42. The number of ether oxygens (including phenoxy) is 1. The summed E-state index contributed by atoms with van der Waals surface area (Å²) in [6, 6.07) is 9.84. The highest BCUT2D eigenvalue weighted by Crippen LogP contribution is 2.39. The molecule has 0 aliphatic carbocycles. The highest BCUT2D eigenvalue weighted by atomic mass is 19.3. The summed E-state index contributed by atoms with van der Waals surface area (Å²) in [6.45, 7) is 1.99. The fourth-order valence-electron chi connectivity index (χ4n) is 3.75. The molecule has 0 aliphatic heterocycles. The molecule has 0 bridgehead atoms. The molecule has 0 heterocycles. The SMILES string of the molecule is CCCc1ccc(-c2ccc3cc(C(F)(F)Oc4cc(F)c(F)c(F)c4)c(F)c(F)c3c2F)cc1. The van der Waals surface area contributed by atoms with Crippen LogP contribution >= 0.6 is 0 Å². The standard InChI is InChI=1S/C26H16F8O/c1-2-3-13-4-6-14(7-5-13)17-9-8-15-10-18(23(30)25(32)21(15)22(17)29)26(33,34)35-16-11-19(27)24(31)20(28)12-16/h4-12H,2-3H2,1H3. The third-order valence-corrected chi connectivity index (χ3v) is 5.44. The van der Waals surface area contributed by atoms with Crippen LogP contribution in [0.15, 0.2) is 54.6 Å². The van der Waals surface area contributed by atoms with Gasteiger partial charge >= 0.3 is 6.11 Å². The largest absolute Gasteiger partial charge is 0.429 e. The molecule has 4 aromatic rings. The van der Waals surface area contributed by atoms with Crippen LogP contribution < -0.4 is 4.74 Å². The van der Waals surface area contributed by atoms with Crippen molar-refractivity contribution in [3.63, 3.8) is 0 Å². The van der Waals surface area contributed by atoms with Gasteiger partial charge < -0.3 is 4.74 Å². The van der Waals surface area contributed by atoms with Gasteiger partial charge in [-0.1, -0.05) is 49.7 Å². The first-order chi connectivity index (χ1) is 16.5. The molecule has 0 aromatic heterocycles. The van der Waals surface area contributed by atoms with Crippen LogP contribution in [0.4, 0.5) is 35.1 Å². The summed E-state index contributed by atoms with van der Waals surface area (Å²) in [5.74, 6) is -11.9. The van der Waals surface area contributed by atoms with Crippen molar-refractivity contribution in [2.45, 2.75) is 25.9 Å². The summed E-state index contributed by atoms with van der Waals surface area (Å²) < 4.78 is 118. The lowest BCUT2D eigenvalue weighted by atomic mass is 9.97. The van der Waals surface area contributed by atoms with E-state index in [4.69, 9.17) is 0 Å². The number of halogens is 8. The van der Waals surface area contributed by atoms with Gasteiger partial charge in [-0.2, -0.15) is 8.78 Å². The van der Waals surface area contributed by atoms with Crippen molar-refractivity contribution in [2.24, 2.45) is 0 Å². The Morgan fingerprint density at radius 2 is 1.34 bits per heavy atom. The van der Waals surface area contributed by atoms with E-state index in [0.717, 1.165) is 24.5 Å². The number of benzene rings is 4. The normalized spacial score (nSPS) is 11.8. The minimum atomic E-state index is -4.64. The van der Waals surface area contributed by atoms with Gasteiger partial charge in [0.15, 0.2) is 29.1 Å². The molecule has 35 heavy (non-hydrogen) atoms. The van der Waals surface area contributed by atoms with Gasteiger partial charge in [-0.05, 0) is 29.0 Å². The lowest BCUT2D eigenvalue weighted by Gasteiger charge is -2.20. The molecule has 0 radical (unpaired) electrons. The highest BCUT2D eigenvalue weighted by molar-refractivity contribution is 5.89. The summed E-state index contributed by atoms with van der Waals surface area (Å²) in [6.07, 6.45) is -2.94. The lowest BCUT2D eigenvalue weighted by molar-refractivity contribution is -0.187. The molecule has 1 nitrogen and oxygen atoms in total. The maximum absolute atomic E-state index is 15.2. The topological polar surface area (TPSA) is 9.23 Å². The molecule has 0 fully saturated rings. The van der Waals surface area contributed by atoms with Crippen LogP contribution in [-0.2, 0) is 12.5 Å². The molecular formula is C26H16F8O. The van der Waals surface area contributed by atoms with Crippen LogP contribution in [0.25, 0.3) is 21.9 Å². The zero-order valence-corrected chi connectivity index (χ0v) is 18.0. The van der Waals surface area contributed by atoms with Crippen LogP contribution in [0.5, 0.6) is 5.75 Å². The summed E-state index contributed by atoms with van der Waals surface area (Å²) >= 11 is 0. The van der Waals surface area contributed by atoms with Gasteiger partial charge in [0.25, 0.3) is 0 Å². The number of rotatable bonds is 6. The molecule has 0 N–H and O–H groups in total. The second-order valence-electron chi connectivity index (χ2n) is 7.84. The van der Waals surface area contributed by atoms with Gasteiger partial charge in [0, 0.05) is 17.7 Å². The van der Waals surface area contributed by atoms with Crippen molar-refractivity contribution in [1.82, 2.24) is 0 Å². The zero-order chi connectivity index (χ0) is 25.5. The van der Waals surface area contributed by atoms with E-state index < -0.39 is 63.1 Å². The average molecular weight is 496 g/mol. The van der Waals surface area contributed by atoms with E-state index in [1.807, 2.05) is 6.92 Å². The second-order valence-corrected chi connectivity index (χ2v) is 7.84. The van der Waals surface area contributed by atoms with Gasteiger partial charge in [0.2, 0.25) is 0 Å². The Labute approximate surface area is 194 Å². The molecule has 0 atom stereocenters. The fourth-order valence-corrected chi connectivity index (χ4v) is 3.75. The number of fused-ring (bicyclic) bond motifs is 1. The number of alkyl halides is 2. The number of hydrogen-bond donors (Lipinski definition) is 0. The van der Waals surface area contributed by atoms with Crippen molar-refractivity contribution >= 4 is 10.8 Å². The van der Waals surface area contributed by atoms with E-state index in [-0.39, 0.29) is 17.7 Å². The van der Waals surface area contributed by atoms with E-state index in [2.05, 4.69) is 4.74 Å². The van der Waals surface area contributed by atoms with E-state index in [0.29, 0.717) is 11.6 Å². The summed E-state index contributed by atoms with van der Waals surface area (Å²) in [5.41, 5.74) is -0.319. The molecule has 4 aromatic carbocycles. The Hall–Kier alpha value is -3.62. The van der Waals surface area contributed by atoms with Crippen LogP contribution in [0.1, 0.15) is 24.5 Å². The van der Waals surface area contributed by atoms with E-state index in [9.17, 15) is 30.7 Å². The molecule has 0 spiro atoms. The molecule has 0 amide bonds. The molecule has 0 unspecified atom stereocenters. The maximum Gasteiger partial charge on any atom is 0.429 e. The maximum atomic E-state index is 15.2. The fraction of sp³-hybridized carbons (Fsp3) is 0.154. The first-order valence-corrected chi connectivity index (χ1v) is 10.4. The van der Waals surface area contributed by atoms with Gasteiger partial charge in [-0.15, -0.1) is 0 Å². The Kier molecular flexibility index (Phi) is 6.44. The van der Waals surface area contributed by atoms with Crippen molar-refractivity contribution in [3.8, 4) is 16.9 Å². The summed E-state index contributed by atoms with van der Waals surface area (Å²) in [5, 5.41) is -1.25. The molecule has 0 saturated heterocycles. The van der Waals surface area contributed by atoms with E-state index in [1.165, 1.54) is 6.07 Å². The first kappa shape index (κ1) is 24.5. The number of aryl methyl sites for hydroxylation is 1. The summed E-state index contributed by atoms with van der Waals surface area (Å²) in [4.78, 5) is 0. The van der Waals surface area contributed by atoms with Crippen LogP contribution in [0, 0.1) is 34.9 Å². The quantitative estimate of drug-likeness (QED) is 0.192. The van der Waals surface area contributed by atoms with Crippen molar-refractivity contribution < 1.29 is 39.9 Å². The van der Waals surface area contributed by atoms with E-state index >= 15 is 4.39 Å². The second kappa shape index (κ2) is 9.20. The van der Waals surface area contributed by atoms with Gasteiger partial charge in [0.1, 0.15) is 17.1 Å². The Morgan fingerprint density at radius 3 is 1.94 bits per heavy atom. The number of hydrogen-bond acceptors (Lipinski definition) is 1. The minimum absolute atomic E-state index is 0.0631. The Balaban J connectivity index is 1.77. The van der Waals surface area contributed by atoms with Gasteiger partial charge in [-0.3, -0.25) is 0 Å². The Morgan fingerprint density at radius 1 is 0.714 bits per heavy atom. The van der Waals surface area contributed by atoms with Crippen LogP contribution in [0.2, 0.25) is 0 Å². The summed E-state index contributed by atoms with van der Waals surface area (Å²) in [7, 11) is 0.